The Labute approximate surface area is 308 Å². The monoisotopic (exact) mass is 686 g/mol. The van der Waals surface area contributed by atoms with E-state index >= 15 is 0 Å². The third-order valence-corrected chi connectivity index (χ3v) is 13.7. The van der Waals surface area contributed by atoms with Crippen LogP contribution in [-0.4, -0.2) is 9.97 Å². The van der Waals surface area contributed by atoms with Crippen LogP contribution >= 0.6 is 11.3 Å². The molecular weight excluding hydrogens is 649 g/mol. The van der Waals surface area contributed by atoms with Gasteiger partial charge in [0.05, 0.1) is 15.9 Å². The number of aromatic nitrogens is 2. The fraction of sp³-hybridized carbons (Fsp3) is 0.184. The van der Waals surface area contributed by atoms with Gasteiger partial charge in [-0.05, 0) is 98.8 Å². The van der Waals surface area contributed by atoms with Gasteiger partial charge < -0.3 is 0 Å². The van der Waals surface area contributed by atoms with Crippen LogP contribution < -0.4 is 0 Å². The topological polar surface area (TPSA) is 25.8 Å². The van der Waals surface area contributed by atoms with Crippen LogP contribution in [0.15, 0.2) is 133 Å². The van der Waals surface area contributed by atoms with Crippen molar-refractivity contribution < 1.29 is 0 Å². The van der Waals surface area contributed by atoms with Gasteiger partial charge in [-0.3, -0.25) is 0 Å². The summed E-state index contributed by atoms with van der Waals surface area (Å²) in [5.41, 5.74) is 18.4. The van der Waals surface area contributed by atoms with Crippen molar-refractivity contribution in [3.05, 3.63) is 156 Å². The lowest BCUT2D eigenvalue weighted by molar-refractivity contribution is 0.353. The van der Waals surface area contributed by atoms with E-state index in [1.165, 1.54) is 86.7 Å². The van der Waals surface area contributed by atoms with E-state index in [0.29, 0.717) is 0 Å². The predicted molar refractivity (Wildman–Crippen MR) is 218 cm³/mol. The summed E-state index contributed by atoms with van der Waals surface area (Å²) in [5.74, 6) is 0.763. The molecule has 250 valence electrons. The molecule has 0 N–H and O–H groups in total. The molecule has 0 amide bonds. The average molecular weight is 687 g/mol. The minimum Gasteiger partial charge on any atom is -0.226 e. The molecule has 0 radical (unpaired) electrons. The molecule has 3 aliphatic carbocycles. The van der Waals surface area contributed by atoms with Crippen molar-refractivity contribution >= 4 is 31.6 Å². The second-order valence-electron chi connectivity index (χ2n) is 15.6. The van der Waals surface area contributed by atoms with E-state index < -0.39 is 0 Å². The first-order valence-electron chi connectivity index (χ1n) is 18.8. The Bertz CT molecular complexity index is 2750. The first-order chi connectivity index (χ1) is 25.5. The lowest BCUT2D eigenvalue weighted by Gasteiger charge is -2.36. The molecule has 6 aromatic carbocycles. The van der Waals surface area contributed by atoms with Gasteiger partial charge in [0.2, 0.25) is 0 Å². The van der Waals surface area contributed by atoms with Crippen LogP contribution in [0.4, 0.5) is 0 Å². The third-order valence-electron chi connectivity index (χ3n) is 12.5. The summed E-state index contributed by atoms with van der Waals surface area (Å²) in [4.78, 5) is 10.4. The molecule has 2 heterocycles. The number of thiophene rings is 1. The summed E-state index contributed by atoms with van der Waals surface area (Å²) in [5, 5.41) is 1.18. The van der Waals surface area contributed by atoms with Crippen LogP contribution in [0.2, 0.25) is 0 Å². The fourth-order valence-electron chi connectivity index (χ4n) is 9.90. The highest BCUT2D eigenvalue weighted by atomic mass is 32.1. The van der Waals surface area contributed by atoms with Gasteiger partial charge in [-0.2, -0.15) is 0 Å². The Morgan fingerprint density at radius 3 is 2.06 bits per heavy atom. The van der Waals surface area contributed by atoms with E-state index in [9.17, 15) is 0 Å². The molecule has 0 unspecified atom stereocenters. The second kappa shape index (κ2) is 11.1. The Morgan fingerprint density at radius 1 is 0.500 bits per heavy atom. The van der Waals surface area contributed by atoms with Crippen LogP contribution in [0.3, 0.4) is 0 Å². The molecule has 0 aliphatic heterocycles. The SMILES string of the molecule is CC1(C)c2cc(-c3cccc(-c4nc(-c5ccccc5)nc5c4sc4ccccc45)c3)ccc2-c2cc3c(cc21)-c1ccccc1C31CCCCC1. The number of hydrogen-bond donors (Lipinski definition) is 0. The third kappa shape index (κ3) is 4.23. The highest BCUT2D eigenvalue weighted by Crippen LogP contribution is 2.60. The van der Waals surface area contributed by atoms with E-state index in [4.69, 9.17) is 9.97 Å². The molecule has 11 rings (SSSR count). The molecule has 3 heteroatoms. The van der Waals surface area contributed by atoms with Crippen LogP contribution in [0.5, 0.6) is 0 Å². The lowest BCUT2D eigenvalue weighted by Crippen LogP contribution is -2.28. The molecule has 8 aromatic rings. The van der Waals surface area contributed by atoms with Gasteiger partial charge in [0.25, 0.3) is 0 Å². The van der Waals surface area contributed by atoms with Crippen molar-refractivity contribution in [2.75, 3.05) is 0 Å². The van der Waals surface area contributed by atoms with E-state index in [0.717, 1.165) is 32.9 Å². The molecule has 0 bridgehead atoms. The van der Waals surface area contributed by atoms with Crippen molar-refractivity contribution in [3.63, 3.8) is 0 Å². The Morgan fingerprint density at radius 2 is 1.17 bits per heavy atom. The van der Waals surface area contributed by atoms with Crippen molar-refractivity contribution in [2.45, 2.75) is 56.8 Å². The number of fused-ring (bicyclic) bond motifs is 11. The molecule has 1 saturated carbocycles. The zero-order chi connectivity index (χ0) is 34.6. The van der Waals surface area contributed by atoms with Crippen LogP contribution in [0, 0.1) is 0 Å². The summed E-state index contributed by atoms with van der Waals surface area (Å²) in [6.45, 7) is 4.84. The summed E-state index contributed by atoms with van der Waals surface area (Å²) >= 11 is 1.79. The zero-order valence-corrected chi connectivity index (χ0v) is 30.4. The second-order valence-corrected chi connectivity index (χ2v) is 16.7. The fourth-order valence-corrected chi connectivity index (χ4v) is 11.1. The molecule has 1 spiro atoms. The maximum absolute atomic E-state index is 5.26. The summed E-state index contributed by atoms with van der Waals surface area (Å²) in [6.07, 6.45) is 6.49. The smallest absolute Gasteiger partial charge is 0.160 e. The van der Waals surface area contributed by atoms with Crippen LogP contribution in [-0.2, 0) is 10.8 Å². The summed E-state index contributed by atoms with van der Waals surface area (Å²) in [6, 6.07) is 49.6. The lowest BCUT2D eigenvalue weighted by atomic mass is 9.67. The van der Waals surface area contributed by atoms with Gasteiger partial charge in [0.15, 0.2) is 5.82 Å². The average Bonchev–Trinajstić information content (AvgIpc) is 3.78. The molecular formula is C49H38N2S. The van der Waals surface area contributed by atoms with E-state index in [1.54, 1.807) is 22.5 Å². The first-order valence-corrected chi connectivity index (χ1v) is 19.6. The number of rotatable bonds is 3. The molecule has 2 nitrogen and oxygen atoms in total. The van der Waals surface area contributed by atoms with Gasteiger partial charge >= 0.3 is 0 Å². The van der Waals surface area contributed by atoms with Crippen LogP contribution in [0.1, 0.15) is 68.2 Å². The normalized spacial score (nSPS) is 16.2. The molecule has 2 aromatic heterocycles. The predicted octanol–water partition coefficient (Wildman–Crippen LogP) is 13.4. The van der Waals surface area contributed by atoms with Gasteiger partial charge in [-0.25, -0.2) is 9.97 Å². The highest BCUT2D eigenvalue weighted by Gasteiger charge is 2.46. The minimum atomic E-state index is -0.106. The molecule has 52 heavy (non-hydrogen) atoms. The molecule has 3 aliphatic rings. The molecule has 1 fully saturated rings. The Hall–Kier alpha value is -5.38. The van der Waals surface area contributed by atoms with Gasteiger partial charge in [-0.15, -0.1) is 11.3 Å². The standard InChI is InChI=1S/C49H38N2S/c1-48(2)40-27-32(22-23-35(40)37-29-42-38(28-41(37)48)34-18-7-9-20-39(34)49(42)24-11-4-12-25-49)31-16-13-17-33(26-31)44-46-45(36-19-8-10-21-43(36)52-46)51-47(50-44)30-14-5-3-6-15-30/h3,5-10,13-23,26-29H,4,11-12,24-25H2,1-2H3. The van der Waals surface area contributed by atoms with E-state index in [2.05, 4.69) is 141 Å². The number of hydrogen-bond acceptors (Lipinski definition) is 3. The number of nitrogens with zero attached hydrogens (tertiary/aromatic N) is 2. The maximum Gasteiger partial charge on any atom is 0.160 e. The summed E-state index contributed by atoms with van der Waals surface area (Å²) < 4.78 is 2.37. The van der Waals surface area contributed by atoms with E-state index in [-0.39, 0.29) is 10.8 Å². The Kier molecular flexibility index (Phi) is 6.44. The van der Waals surface area contributed by atoms with E-state index in [1.807, 2.05) is 6.07 Å². The van der Waals surface area contributed by atoms with Crippen molar-refractivity contribution in [2.24, 2.45) is 0 Å². The summed E-state index contributed by atoms with van der Waals surface area (Å²) in [7, 11) is 0. The first kappa shape index (κ1) is 30.3. The highest BCUT2D eigenvalue weighted by molar-refractivity contribution is 7.26. The number of benzene rings is 6. The largest absolute Gasteiger partial charge is 0.226 e. The zero-order valence-electron chi connectivity index (χ0n) is 29.5. The minimum absolute atomic E-state index is 0.106. The quantitative estimate of drug-likeness (QED) is 0.185. The molecule has 0 atom stereocenters. The van der Waals surface area contributed by atoms with Gasteiger partial charge in [0, 0.05) is 32.0 Å². The maximum atomic E-state index is 5.26. The van der Waals surface area contributed by atoms with Gasteiger partial charge in [-0.1, -0.05) is 136 Å². The molecule has 0 saturated heterocycles. The van der Waals surface area contributed by atoms with Crippen molar-refractivity contribution in [3.8, 4) is 56.0 Å². The van der Waals surface area contributed by atoms with Gasteiger partial charge in [0.1, 0.15) is 0 Å². The van der Waals surface area contributed by atoms with Crippen molar-refractivity contribution in [1.82, 2.24) is 9.97 Å². The van der Waals surface area contributed by atoms with Crippen LogP contribution in [0.25, 0.3) is 76.3 Å². The Balaban J connectivity index is 1.04. The van der Waals surface area contributed by atoms with Crippen molar-refractivity contribution in [1.29, 1.82) is 0 Å².